The molecule has 4 rings (SSSR count). The molecular formula is C30H38N+. The number of fused-ring (bicyclic) bond motifs is 3. The number of hydrogen-bond acceptors (Lipinski definition) is 0. The van der Waals surface area contributed by atoms with Crippen LogP contribution in [0.3, 0.4) is 0 Å². The van der Waals surface area contributed by atoms with Crippen LogP contribution in [0.2, 0.25) is 0 Å². The molecule has 1 unspecified atom stereocenters. The molecular weight excluding hydrogens is 374 g/mol. The molecule has 31 heavy (non-hydrogen) atoms. The van der Waals surface area contributed by atoms with E-state index >= 15 is 0 Å². The number of rotatable bonds is 7. The van der Waals surface area contributed by atoms with E-state index in [-0.39, 0.29) is 11.0 Å². The van der Waals surface area contributed by atoms with Crippen LogP contribution in [0.1, 0.15) is 77.8 Å². The second-order valence-corrected chi connectivity index (χ2v) is 9.45. The van der Waals surface area contributed by atoms with Crippen molar-refractivity contribution in [2.75, 3.05) is 0 Å². The van der Waals surface area contributed by atoms with E-state index in [0.717, 1.165) is 19.3 Å². The summed E-state index contributed by atoms with van der Waals surface area (Å²) in [7, 11) is 0. The van der Waals surface area contributed by atoms with Gasteiger partial charge in [0.05, 0.1) is 11.0 Å². The predicted molar refractivity (Wildman–Crippen MR) is 132 cm³/mol. The van der Waals surface area contributed by atoms with Gasteiger partial charge >= 0.3 is 0 Å². The van der Waals surface area contributed by atoms with E-state index in [9.17, 15) is 0 Å². The Labute approximate surface area is 189 Å². The van der Waals surface area contributed by atoms with Crippen LogP contribution >= 0.6 is 0 Å². The Balaban J connectivity index is 1.99. The Morgan fingerprint density at radius 2 is 1.52 bits per heavy atom. The van der Waals surface area contributed by atoms with Crippen molar-refractivity contribution in [3.05, 3.63) is 78.0 Å². The van der Waals surface area contributed by atoms with Gasteiger partial charge in [0.1, 0.15) is 0 Å². The number of benzene rings is 2. The zero-order chi connectivity index (χ0) is 22.1. The van der Waals surface area contributed by atoms with Crippen LogP contribution in [0.15, 0.2) is 66.9 Å². The summed E-state index contributed by atoms with van der Waals surface area (Å²) >= 11 is 0. The maximum absolute atomic E-state index is 2.65. The lowest BCUT2D eigenvalue weighted by atomic mass is 9.58. The number of nitrogens with zero attached hydrogens (tertiary/aromatic N) is 1. The minimum absolute atomic E-state index is 0.0677. The Hall–Kier alpha value is -2.41. The van der Waals surface area contributed by atoms with E-state index in [0.29, 0.717) is 0 Å². The van der Waals surface area contributed by atoms with Gasteiger partial charge in [-0.15, -0.1) is 0 Å². The normalized spacial score (nSPS) is 19.0. The first-order valence-electron chi connectivity index (χ1n) is 12.3. The third-order valence-electron chi connectivity index (χ3n) is 8.19. The van der Waals surface area contributed by atoms with Crippen LogP contribution in [-0.4, -0.2) is 0 Å². The quantitative estimate of drug-likeness (QED) is 0.348. The van der Waals surface area contributed by atoms with Gasteiger partial charge in [-0.2, -0.15) is 4.57 Å². The van der Waals surface area contributed by atoms with Crippen molar-refractivity contribution in [1.82, 2.24) is 0 Å². The van der Waals surface area contributed by atoms with Crippen LogP contribution in [0.4, 0.5) is 0 Å². The van der Waals surface area contributed by atoms with Gasteiger partial charge < -0.3 is 0 Å². The molecule has 1 nitrogen and oxygen atoms in total. The van der Waals surface area contributed by atoms with Crippen molar-refractivity contribution in [1.29, 1.82) is 0 Å². The zero-order valence-corrected chi connectivity index (χ0v) is 20.0. The van der Waals surface area contributed by atoms with Crippen LogP contribution in [0.5, 0.6) is 0 Å². The Bertz CT molecular complexity index is 1050. The van der Waals surface area contributed by atoms with Gasteiger partial charge in [-0.1, -0.05) is 76.6 Å². The molecule has 1 atom stereocenters. The maximum atomic E-state index is 2.65. The van der Waals surface area contributed by atoms with E-state index in [1.165, 1.54) is 47.2 Å². The third kappa shape index (κ3) is 3.34. The minimum Gasteiger partial charge on any atom is -0.191 e. The van der Waals surface area contributed by atoms with E-state index in [2.05, 4.69) is 106 Å². The van der Waals surface area contributed by atoms with Gasteiger partial charge in [-0.25, -0.2) is 0 Å². The fourth-order valence-electron chi connectivity index (χ4n) is 6.09. The molecule has 0 aliphatic carbocycles. The number of unbranched alkanes of at least 4 members (excludes halogenated alkanes) is 1. The highest BCUT2D eigenvalue weighted by atomic mass is 15.1. The fourth-order valence-corrected chi connectivity index (χ4v) is 6.09. The molecule has 3 aromatic rings. The summed E-state index contributed by atoms with van der Waals surface area (Å²) in [5.41, 5.74) is 8.60. The minimum atomic E-state index is 0.0677. The number of pyridine rings is 1. The van der Waals surface area contributed by atoms with Crippen molar-refractivity contribution in [3.63, 3.8) is 0 Å². The van der Waals surface area contributed by atoms with Crippen molar-refractivity contribution >= 4 is 0 Å². The van der Waals surface area contributed by atoms with Crippen LogP contribution in [0, 0.1) is 0 Å². The monoisotopic (exact) mass is 412 g/mol. The van der Waals surface area contributed by atoms with Crippen LogP contribution in [-0.2, 0) is 17.4 Å². The summed E-state index contributed by atoms with van der Waals surface area (Å²) in [5.74, 6) is 0. The van der Waals surface area contributed by atoms with Gasteiger partial charge in [0.15, 0.2) is 11.7 Å². The van der Waals surface area contributed by atoms with E-state index in [4.69, 9.17) is 0 Å². The van der Waals surface area contributed by atoms with Crippen molar-refractivity contribution in [3.8, 4) is 22.4 Å². The summed E-state index contributed by atoms with van der Waals surface area (Å²) in [6.45, 7) is 12.0. The zero-order valence-electron chi connectivity index (χ0n) is 20.0. The summed E-state index contributed by atoms with van der Waals surface area (Å²) < 4.78 is 2.65. The maximum Gasteiger partial charge on any atom is 0.213 e. The van der Waals surface area contributed by atoms with Gasteiger partial charge in [0.2, 0.25) is 5.69 Å². The summed E-state index contributed by atoms with van der Waals surface area (Å²) in [6.07, 6.45) is 9.52. The molecule has 0 radical (unpaired) electrons. The predicted octanol–water partition coefficient (Wildman–Crippen LogP) is 7.85. The smallest absolute Gasteiger partial charge is 0.191 e. The van der Waals surface area contributed by atoms with Crippen molar-refractivity contribution < 1.29 is 4.57 Å². The molecule has 1 aliphatic rings. The molecule has 0 saturated heterocycles. The molecule has 2 aromatic carbocycles. The third-order valence-corrected chi connectivity index (χ3v) is 8.19. The first kappa shape index (κ1) is 21.8. The van der Waals surface area contributed by atoms with Crippen molar-refractivity contribution in [2.24, 2.45) is 0 Å². The summed E-state index contributed by atoms with van der Waals surface area (Å²) in [5, 5.41) is 0. The number of aromatic nitrogens is 1. The van der Waals surface area contributed by atoms with E-state index in [1.54, 1.807) is 5.56 Å². The molecule has 1 heteroatoms. The highest BCUT2D eigenvalue weighted by Gasteiger charge is 2.58. The Morgan fingerprint density at radius 1 is 0.774 bits per heavy atom. The molecule has 0 fully saturated rings. The second kappa shape index (κ2) is 8.61. The molecule has 0 amide bonds. The molecule has 0 saturated carbocycles. The second-order valence-electron chi connectivity index (χ2n) is 9.45. The average Bonchev–Trinajstić information content (AvgIpc) is 2.83. The summed E-state index contributed by atoms with van der Waals surface area (Å²) in [6, 6.07) is 22.8. The molecule has 0 bridgehead atoms. The standard InChI is InChI=1S/C30H38N/c1-6-10-14-23-17-19-26-27(21-23)29(5,7-2)30(8-3,9-4)31-22-25(18-20-28(26)31)24-15-12-11-13-16-24/h11-13,15-22H,6-10,14H2,1-5H3/q+1. The molecule has 1 aliphatic heterocycles. The van der Waals surface area contributed by atoms with Crippen molar-refractivity contribution in [2.45, 2.75) is 84.1 Å². The Kier molecular flexibility index (Phi) is 6.06. The van der Waals surface area contributed by atoms with Gasteiger partial charge in [0, 0.05) is 24.5 Å². The number of aryl methyl sites for hydroxylation is 1. The van der Waals surface area contributed by atoms with Crippen LogP contribution < -0.4 is 4.57 Å². The van der Waals surface area contributed by atoms with Gasteiger partial charge in [-0.05, 0) is 55.0 Å². The fraction of sp³-hybridized carbons (Fsp3) is 0.433. The molecule has 0 N–H and O–H groups in total. The van der Waals surface area contributed by atoms with E-state index in [1.807, 2.05) is 0 Å². The number of hydrogen-bond donors (Lipinski definition) is 0. The van der Waals surface area contributed by atoms with Gasteiger partial charge in [-0.3, -0.25) is 0 Å². The molecule has 1 aromatic heterocycles. The highest BCUT2D eigenvalue weighted by molar-refractivity contribution is 5.69. The first-order chi connectivity index (χ1) is 15.0. The molecule has 2 heterocycles. The first-order valence-corrected chi connectivity index (χ1v) is 12.3. The lowest BCUT2D eigenvalue weighted by Crippen LogP contribution is -2.68. The molecule has 0 spiro atoms. The summed E-state index contributed by atoms with van der Waals surface area (Å²) in [4.78, 5) is 0. The highest BCUT2D eigenvalue weighted by Crippen LogP contribution is 2.51. The molecule has 162 valence electrons. The van der Waals surface area contributed by atoms with E-state index < -0.39 is 0 Å². The van der Waals surface area contributed by atoms with Gasteiger partial charge in [0.25, 0.3) is 0 Å². The SMILES string of the molecule is CCCCc1ccc2c(c1)C(C)(CC)C(CC)(CC)[n+]1cc(-c3ccccc3)ccc1-2. The lowest BCUT2D eigenvalue weighted by molar-refractivity contribution is -0.769. The largest absolute Gasteiger partial charge is 0.213 e. The lowest BCUT2D eigenvalue weighted by Gasteiger charge is -2.48. The average molecular weight is 413 g/mol. The van der Waals surface area contributed by atoms with Crippen LogP contribution in [0.25, 0.3) is 22.4 Å². The Morgan fingerprint density at radius 3 is 2.16 bits per heavy atom. The topological polar surface area (TPSA) is 3.88 Å².